The van der Waals surface area contributed by atoms with Gasteiger partial charge in [0.25, 0.3) is 0 Å². The summed E-state index contributed by atoms with van der Waals surface area (Å²) in [6.45, 7) is 11.0. The number of phenolic OH excluding ortho intramolecular Hbond substituents is 1. The van der Waals surface area contributed by atoms with Gasteiger partial charge in [-0.05, 0) is 57.9 Å². The fraction of sp³-hybridized carbons (Fsp3) is 0.600. The molecule has 0 aliphatic rings. The van der Waals surface area contributed by atoms with Gasteiger partial charge in [0.2, 0.25) is 0 Å². The van der Waals surface area contributed by atoms with Gasteiger partial charge in [0.1, 0.15) is 5.75 Å². The highest BCUT2D eigenvalue weighted by atomic mass is 79.9. The van der Waals surface area contributed by atoms with Crippen molar-refractivity contribution in [3.05, 3.63) is 28.2 Å². The summed E-state index contributed by atoms with van der Waals surface area (Å²) in [6.07, 6.45) is 0. The Hall–Kier alpha value is -0.540. The highest BCUT2D eigenvalue weighted by Crippen LogP contribution is 2.24. The van der Waals surface area contributed by atoms with Crippen molar-refractivity contribution in [2.24, 2.45) is 17.8 Å². The van der Waals surface area contributed by atoms with Gasteiger partial charge >= 0.3 is 0 Å². The Morgan fingerprint density at radius 2 is 1.78 bits per heavy atom. The van der Waals surface area contributed by atoms with E-state index in [2.05, 4.69) is 48.9 Å². The van der Waals surface area contributed by atoms with Crippen LogP contribution in [0.5, 0.6) is 5.75 Å². The number of aromatic hydroxyl groups is 1. The molecule has 102 valence electrons. The fourth-order valence-electron chi connectivity index (χ4n) is 2.28. The highest BCUT2D eigenvalue weighted by molar-refractivity contribution is 9.10. The largest absolute Gasteiger partial charge is 0.507 e. The van der Waals surface area contributed by atoms with Gasteiger partial charge < -0.3 is 10.4 Å². The molecule has 0 saturated carbocycles. The Labute approximate surface area is 119 Å². The fourth-order valence-corrected chi connectivity index (χ4v) is 2.71. The number of phenols is 1. The molecule has 0 aromatic heterocycles. The summed E-state index contributed by atoms with van der Waals surface area (Å²) in [5, 5.41) is 12.9. The number of hydrogen-bond donors (Lipinski definition) is 2. The van der Waals surface area contributed by atoms with Gasteiger partial charge in [0, 0.05) is 6.54 Å². The Morgan fingerprint density at radius 1 is 1.17 bits per heavy atom. The Balaban J connectivity index is 2.47. The molecule has 0 spiro atoms. The number of nitrogens with one attached hydrogen (secondary N) is 1. The van der Waals surface area contributed by atoms with Crippen LogP contribution in [-0.4, -0.2) is 11.7 Å². The zero-order valence-corrected chi connectivity index (χ0v) is 13.3. The second-order valence-corrected chi connectivity index (χ2v) is 6.42. The highest BCUT2D eigenvalue weighted by Gasteiger charge is 2.16. The van der Waals surface area contributed by atoms with Crippen LogP contribution in [-0.2, 0) is 6.54 Å². The minimum Gasteiger partial charge on any atom is -0.507 e. The summed E-state index contributed by atoms with van der Waals surface area (Å²) in [5.41, 5.74) is 1.19. The maximum absolute atomic E-state index is 9.44. The van der Waals surface area contributed by atoms with E-state index in [9.17, 15) is 5.11 Å². The van der Waals surface area contributed by atoms with Crippen LogP contribution in [0.2, 0.25) is 0 Å². The molecule has 3 heteroatoms. The van der Waals surface area contributed by atoms with Crippen LogP contribution in [0.15, 0.2) is 22.7 Å². The third kappa shape index (κ3) is 4.62. The lowest BCUT2D eigenvalue weighted by Crippen LogP contribution is -2.29. The lowest BCUT2D eigenvalue weighted by Gasteiger charge is -2.25. The number of benzene rings is 1. The lowest BCUT2D eigenvalue weighted by molar-refractivity contribution is 0.275. The first kappa shape index (κ1) is 15.5. The third-order valence-corrected chi connectivity index (χ3v) is 4.07. The molecule has 0 saturated heterocycles. The normalized spacial score (nSPS) is 11.8. The summed E-state index contributed by atoms with van der Waals surface area (Å²) in [6, 6.07) is 5.64. The van der Waals surface area contributed by atoms with Crippen molar-refractivity contribution in [2.75, 3.05) is 6.54 Å². The average molecular weight is 314 g/mol. The molecule has 0 bridgehead atoms. The van der Waals surface area contributed by atoms with Crippen molar-refractivity contribution in [3.8, 4) is 5.75 Å². The summed E-state index contributed by atoms with van der Waals surface area (Å²) in [4.78, 5) is 0. The van der Waals surface area contributed by atoms with Crippen molar-refractivity contribution < 1.29 is 5.11 Å². The first-order chi connectivity index (χ1) is 8.41. The van der Waals surface area contributed by atoms with E-state index in [0.717, 1.165) is 17.6 Å². The smallest absolute Gasteiger partial charge is 0.129 e. The van der Waals surface area contributed by atoms with Crippen molar-refractivity contribution in [3.63, 3.8) is 0 Å². The van der Waals surface area contributed by atoms with E-state index in [0.29, 0.717) is 23.5 Å². The molecule has 2 N–H and O–H groups in total. The maximum atomic E-state index is 9.44. The van der Waals surface area contributed by atoms with Crippen LogP contribution in [0.25, 0.3) is 0 Å². The molecular formula is C15H24BrNO. The van der Waals surface area contributed by atoms with Gasteiger partial charge in [-0.15, -0.1) is 0 Å². The molecule has 2 nitrogen and oxygen atoms in total. The number of hydrogen-bond acceptors (Lipinski definition) is 2. The molecule has 0 heterocycles. The predicted octanol–water partition coefficient (Wildman–Crippen LogP) is 4.17. The zero-order chi connectivity index (χ0) is 13.7. The molecule has 0 atom stereocenters. The summed E-state index contributed by atoms with van der Waals surface area (Å²) in [5.74, 6) is 2.39. The number of rotatable bonds is 6. The van der Waals surface area contributed by atoms with Gasteiger partial charge in [0.15, 0.2) is 0 Å². The van der Waals surface area contributed by atoms with E-state index < -0.39 is 0 Å². The first-order valence-electron chi connectivity index (χ1n) is 6.60. The third-order valence-electron chi connectivity index (χ3n) is 3.43. The van der Waals surface area contributed by atoms with Gasteiger partial charge in [0.05, 0.1) is 4.47 Å². The molecule has 1 rings (SSSR count). The molecule has 0 aliphatic heterocycles. The summed E-state index contributed by atoms with van der Waals surface area (Å²) in [7, 11) is 0. The maximum Gasteiger partial charge on any atom is 0.129 e. The molecule has 1 aromatic carbocycles. The average Bonchev–Trinajstić information content (AvgIpc) is 2.28. The lowest BCUT2D eigenvalue weighted by atomic mass is 9.85. The van der Waals surface area contributed by atoms with Crippen molar-refractivity contribution in [1.29, 1.82) is 0 Å². The minimum absolute atomic E-state index is 0.293. The van der Waals surface area contributed by atoms with Crippen LogP contribution in [0.3, 0.4) is 0 Å². The van der Waals surface area contributed by atoms with Crippen LogP contribution in [0, 0.1) is 17.8 Å². The van der Waals surface area contributed by atoms with E-state index in [1.54, 1.807) is 6.07 Å². The van der Waals surface area contributed by atoms with Crippen LogP contribution in [0.4, 0.5) is 0 Å². The Morgan fingerprint density at radius 3 is 2.28 bits per heavy atom. The van der Waals surface area contributed by atoms with E-state index >= 15 is 0 Å². The Kier molecular flexibility index (Phi) is 6.16. The quantitative estimate of drug-likeness (QED) is 0.826. The van der Waals surface area contributed by atoms with E-state index in [-0.39, 0.29) is 0 Å². The van der Waals surface area contributed by atoms with E-state index in [4.69, 9.17) is 0 Å². The van der Waals surface area contributed by atoms with E-state index in [1.165, 1.54) is 5.56 Å². The number of halogens is 1. The van der Waals surface area contributed by atoms with Crippen molar-refractivity contribution in [2.45, 2.75) is 34.2 Å². The Bertz CT molecular complexity index is 369. The standard InChI is InChI=1S/C15H24BrNO/c1-10(2)13(11(3)4)9-17-8-12-5-6-15(18)14(16)7-12/h5-7,10-11,13,17-18H,8-9H2,1-4H3. The van der Waals surface area contributed by atoms with Gasteiger partial charge in [-0.2, -0.15) is 0 Å². The molecule has 0 aliphatic carbocycles. The zero-order valence-electron chi connectivity index (χ0n) is 11.7. The molecular weight excluding hydrogens is 290 g/mol. The van der Waals surface area contributed by atoms with Gasteiger partial charge in [-0.3, -0.25) is 0 Å². The SMILES string of the molecule is CC(C)C(CNCc1ccc(O)c(Br)c1)C(C)C. The summed E-state index contributed by atoms with van der Waals surface area (Å²) < 4.78 is 0.756. The minimum atomic E-state index is 0.293. The van der Waals surface area contributed by atoms with Crippen molar-refractivity contribution in [1.82, 2.24) is 5.32 Å². The first-order valence-corrected chi connectivity index (χ1v) is 7.39. The molecule has 1 aromatic rings. The van der Waals surface area contributed by atoms with Crippen LogP contribution >= 0.6 is 15.9 Å². The molecule has 0 fully saturated rings. The van der Waals surface area contributed by atoms with Crippen molar-refractivity contribution >= 4 is 15.9 Å². The predicted molar refractivity (Wildman–Crippen MR) is 80.7 cm³/mol. The summed E-state index contributed by atoms with van der Waals surface area (Å²) >= 11 is 3.34. The molecule has 0 radical (unpaired) electrons. The van der Waals surface area contributed by atoms with E-state index in [1.807, 2.05) is 12.1 Å². The second kappa shape index (κ2) is 7.15. The molecule has 0 amide bonds. The van der Waals surface area contributed by atoms with Crippen LogP contribution < -0.4 is 5.32 Å². The second-order valence-electron chi connectivity index (χ2n) is 5.57. The topological polar surface area (TPSA) is 32.3 Å². The van der Waals surface area contributed by atoms with Crippen LogP contribution in [0.1, 0.15) is 33.3 Å². The van der Waals surface area contributed by atoms with Gasteiger partial charge in [-0.1, -0.05) is 33.8 Å². The molecule has 0 unspecified atom stereocenters. The monoisotopic (exact) mass is 313 g/mol. The van der Waals surface area contributed by atoms with Gasteiger partial charge in [-0.25, -0.2) is 0 Å². The molecule has 18 heavy (non-hydrogen) atoms.